The number of nitrogens with two attached hydrogens (primary N) is 1. The predicted molar refractivity (Wildman–Crippen MR) is 104 cm³/mol. The van der Waals surface area contributed by atoms with Crippen LogP contribution in [0.1, 0.15) is 28.5 Å². The molecule has 0 unspecified atom stereocenters. The number of nitrogens with zero attached hydrogens (tertiary/aromatic N) is 3. The van der Waals surface area contributed by atoms with E-state index in [0.717, 1.165) is 22.8 Å². The number of guanidine groups is 1. The summed E-state index contributed by atoms with van der Waals surface area (Å²) in [4.78, 5) is 33.7. The molecule has 1 atom stereocenters. The van der Waals surface area contributed by atoms with Crippen LogP contribution in [0.15, 0.2) is 34.3 Å². The van der Waals surface area contributed by atoms with Crippen LogP contribution in [0.4, 0.5) is 10.1 Å². The molecule has 2 aromatic rings. The molecular weight excluding hydrogens is 403 g/mol. The van der Waals surface area contributed by atoms with Gasteiger partial charge in [0.2, 0.25) is 16.0 Å². The van der Waals surface area contributed by atoms with Crippen LogP contribution in [-0.2, 0) is 15.6 Å². The highest BCUT2D eigenvalue weighted by Gasteiger charge is 2.41. The van der Waals surface area contributed by atoms with Crippen molar-refractivity contribution >= 4 is 27.6 Å². The molecule has 29 heavy (non-hydrogen) atoms. The maximum Gasteiger partial charge on any atom is 0.275 e. The lowest BCUT2D eigenvalue weighted by atomic mass is 9.90. The Labute approximate surface area is 165 Å². The van der Waals surface area contributed by atoms with Crippen molar-refractivity contribution in [2.75, 3.05) is 18.1 Å². The number of aromatic nitrogens is 2. The summed E-state index contributed by atoms with van der Waals surface area (Å²) in [5.41, 5.74) is 4.38. The van der Waals surface area contributed by atoms with Crippen LogP contribution in [-0.4, -0.2) is 47.4 Å². The molecule has 1 aromatic carbocycles. The Morgan fingerprint density at radius 1 is 1.41 bits per heavy atom. The molecule has 0 spiro atoms. The highest BCUT2D eigenvalue weighted by Crippen LogP contribution is 2.36. The quantitative estimate of drug-likeness (QED) is 0.646. The average molecular weight is 422 g/mol. The number of nitrogens with one attached hydrogen (secondary N) is 2. The van der Waals surface area contributed by atoms with Crippen molar-refractivity contribution < 1.29 is 17.6 Å². The molecular formula is C17H19FN6O4S. The summed E-state index contributed by atoms with van der Waals surface area (Å²) in [6.45, 7) is 3.02. The van der Waals surface area contributed by atoms with Crippen LogP contribution in [0.2, 0.25) is 0 Å². The molecule has 0 bridgehead atoms. The van der Waals surface area contributed by atoms with E-state index < -0.39 is 38.6 Å². The molecule has 0 saturated carbocycles. The fraction of sp³-hybridized carbons (Fsp3) is 0.294. The number of amides is 1. The number of H-pyrrole nitrogens is 1. The second kappa shape index (κ2) is 6.95. The second-order valence-corrected chi connectivity index (χ2v) is 8.85. The maximum absolute atomic E-state index is 14.6. The number of hydrogen-bond acceptors (Lipinski definition) is 7. The Morgan fingerprint density at radius 2 is 2.10 bits per heavy atom. The van der Waals surface area contributed by atoms with Crippen LogP contribution in [0.5, 0.6) is 0 Å². The van der Waals surface area contributed by atoms with Crippen molar-refractivity contribution in [3.05, 3.63) is 57.5 Å². The topological polar surface area (TPSA) is 151 Å². The molecule has 12 heteroatoms. The number of halogens is 1. The van der Waals surface area contributed by atoms with Gasteiger partial charge in [0.15, 0.2) is 0 Å². The highest BCUT2D eigenvalue weighted by molar-refractivity contribution is 7.89. The summed E-state index contributed by atoms with van der Waals surface area (Å²) in [7, 11) is -2.47. The Hall–Kier alpha value is -3.28. The van der Waals surface area contributed by atoms with Gasteiger partial charge >= 0.3 is 0 Å². The number of aliphatic imine (C=N–C) groups is 1. The van der Waals surface area contributed by atoms with Crippen molar-refractivity contribution in [1.82, 2.24) is 14.3 Å². The molecule has 1 aliphatic heterocycles. The Balaban J connectivity index is 2.03. The van der Waals surface area contributed by atoms with Gasteiger partial charge in [0.25, 0.3) is 11.5 Å². The summed E-state index contributed by atoms with van der Waals surface area (Å²) in [6.07, 6.45) is 2.07. The number of hydrogen-bond donors (Lipinski definition) is 3. The first-order chi connectivity index (χ1) is 13.4. The van der Waals surface area contributed by atoms with E-state index in [9.17, 15) is 22.4 Å². The predicted octanol–water partition coefficient (Wildman–Crippen LogP) is 0.275. The van der Waals surface area contributed by atoms with Gasteiger partial charge in [-0.1, -0.05) is 0 Å². The third-order valence-corrected chi connectivity index (χ3v) is 6.60. The van der Waals surface area contributed by atoms with Gasteiger partial charge in [-0.2, -0.15) is 0 Å². The maximum atomic E-state index is 14.6. The molecule has 1 aliphatic rings. The second-order valence-electron chi connectivity index (χ2n) is 6.85. The molecule has 0 saturated heterocycles. The van der Waals surface area contributed by atoms with Gasteiger partial charge in [0, 0.05) is 18.9 Å². The summed E-state index contributed by atoms with van der Waals surface area (Å²) in [5.74, 6) is -1.97. The normalized spacial score (nSPS) is 20.8. The minimum absolute atomic E-state index is 0.0763. The van der Waals surface area contributed by atoms with Gasteiger partial charge < -0.3 is 16.0 Å². The minimum Gasteiger partial charge on any atom is -0.369 e. The van der Waals surface area contributed by atoms with E-state index in [1.807, 2.05) is 0 Å². The lowest BCUT2D eigenvalue weighted by Gasteiger charge is -2.35. The average Bonchev–Trinajstić information content (AvgIpc) is 2.62. The standard InChI is InChI=1S/C17H19FN6O4S/c1-9-11(17(2)8-29(27,28)24(3)16(19)23-17)4-10(5-12(9)18)22-15(26)13-6-21-14(25)7-20-13/h4-7H,8H2,1-3H3,(H2,19,23)(H,21,25)(H,22,26)/t17-/m0/s1. The highest BCUT2D eigenvalue weighted by atomic mass is 32.2. The van der Waals surface area contributed by atoms with Crippen LogP contribution < -0.4 is 16.6 Å². The van der Waals surface area contributed by atoms with E-state index in [0.29, 0.717) is 0 Å². The first-order valence-corrected chi connectivity index (χ1v) is 10.0. The van der Waals surface area contributed by atoms with E-state index in [4.69, 9.17) is 5.73 Å². The van der Waals surface area contributed by atoms with E-state index in [-0.39, 0.29) is 28.5 Å². The van der Waals surface area contributed by atoms with Crippen molar-refractivity contribution in [1.29, 1.82) is 0 Å². The lowest BCUT2D eigenvalue weighted by Crippen LogP contribution is -2.50. The largest absolute Gasteiger partial charge is 0.369 e. The van der Waals surface area contributed by atoms with Crippen LogP contribution in [0, 0.1) is 12.7 Å². The van der Waals surface area contributed by atoms with E-state index in [2.05, 4.69) is 20.3 Å². The van der Waals surface area contributed by atoms with Crippen LogP contribution in [0.25, 0.3) is 0 Å². The molecule has 1 aromatic heterocycles. The number of sulfonamides is 1. The van der Waals surface area contributed by atoms with Gasteiger partial charge in [-0.25, -0.2) is 27.1 Å². The molecule has 154 valence electrons. The monoisotopic (exact) mass is 422 g/mol. The van der Waals surface area contributed by atoms with Gasteiger partial charge in [0.1, 0.15) is 17.1 Å². The Bertz CT molecular complexity index is 1170. The van der Waals surface area contributed by atoms with Crippen molar-refractivity contribution in [3.63, 3.8) is 0 Å². The first kappa shape index (κ1) is 20.5. The molecule has 1 amide bonds. The third-order valence-electron chi connectivity index (χ3n) is 4.65. The van der Waals surface area contributed by atoms with Crippen molar-refractivity contribution in [2.45, 2.75) is 19.4 Å². The molecule has 0 aliphatic carbocycles. The summed E-state index contributed by atoms with van der Waals surface area (Å²) in [5, 5.41) is 2.48. The zero-order valence-electron chi connectivity index (χ0n) is 15.9. The minimum atomic E-state index is -3.75. The van der Waals surface area contributed by atoms with Gasteiger partial charge in [-0.3, -0.25) is 9.59 Å². The molecule has 0 radical (unpaired) electrons. The third kappa shape index (κ3) is 3.83. The summed E-state index contributed by atoms with van der Waals surface area (Å²) in [6, 6.07) is 2.54. The van der Waals surface area contributed by atoms with Crippen LogP contribution >= 0.6 is 0 Å². The van der Waals surface area contributed by atoms with E-state index in [1.54, 1.807) is 0 Å². The number of carbonyl (C=O) groups is 1. The molecule has 10 nitrogen and oxygen atoms in total. The SMILES string of the molecule is Cc1c(F)cc(NC(=O)c2c[nH]c(=O)cn2)cc1[C@]1(C)CS(=O)(=O)N(C)C(N)=N1. The molecule has 2 heterocycles. The fourth-order valence-electron chi connectivity index (χ4n) is 3.06. The van der Waals surface area contributed by atoms with Gasteiger partial charge in [-0.15, -0.1) is 0 Å². The molecule has 3 rings (SSSR count). The van der Waals surface area contributed by atoms with E-state index >= 15 is 0 Å². The Kier molecular flexibility index (Phi) is 4.91. The molecule has 0 fully saturated rings. The zero-order valence-corrected chi connectivity index (χ0v) is 16.7. The summed E-state index contributed by atoms with van der Waals surface area (Å²) >= 11 is 0. The zero-order chi connectivity index (χ0) is 21.6. The van der Waals surface area contributed by atoms with Crippen molar-refractivity contribution in [3.8, 4) is 0 Å². The van der Waals surface area contributed by atoms with Crippen LogP contribution in [0.3, 0.4) is 0 Å². The number of benzene rings is 1. The van der Waals surface area contributed by atoms with E-state index in [1.165, 1.54) is 27.0 Å². The van der Waals surface area contributed by atoms with Crippen molar-refractivity contribution in [2.24, 2.45) is 10.7 Å². The fourth-order valence-corrected chi connectivity index (χ4v) is 4.51. The number of carbonyl (C=O) groups excluding carboxylic acids is 1. The number of aromatic amines is 1. The Morgan fingerprint density at radius 3 is 2.69 bits per heavy atom. The summed E-state index contributed by atoms with van der Waals surface area (Å²) < 4.78 is 40.3. The first-order valence-electron chi connectivity index (χ1n) is 8.41. The molecule has 4 N–H and O–H groups in total. The van der Waals surface area contributed by atoms with Gasteiger partial charge in [0.05, 0.1) is 11.9 Å². The number of rotatable bonds is 3. The number of anilines is 1. The van der Waals surface area contributed by atoms with Gasteiger partial charge in [-0.05, 0) is 37.1 Å². The smallest absolute Gasteiger partial charge is 0.275 e. The lowest BCUT2D eigenvalue weighted by molar-refractivity contribution is 0.102.